The Hall–Kier alpha value is -2.48. The van der Waals surface area contributed by atoms with Crippen LogP contribution >= 0.6 is 0 Å². The molecule has 21 heavy (non-hydrogen) atoms. The molecule has 0 atom stereocenters. The van der Waals surface area contributed by atoms with Crippen LogP contribution in [-0.4, -0.2) is 10.8 Å². The van der Waals surface area contributed by atoms with Crippen LogP contribution in [0.4, 0.5) is 0 Å². The molecule has 0 amide bonds. The van der Waals surface area contributed by atoms with Crippen molar-refractivity contribution in [1.82, 2.24) is 4.98 Å². The second-order valence-electron chi connectivity index (χ2n) is 5.42. The number of benzene rings is 2. The van der Waals surface area contributed by atoms with Crippen molar-refractivity contribution in [2.75, 3.05) is 0 Å². The molecule has 2 heteroatoms. The monoisotopic (exact) mass is 275 g/mol. The van der Waals surface area contributed by atoms with E-state index in [1.807, 2.05) is 30.3 Å². The fraction of sp³-hybridized carbons (Fsp3) is 0.158. The van der Waals surface area contributed by atoms with Gasteiger partial charge in [-0.2, -0.15) is 0 Å². The first-order valence-electron chi connectivity index (χ1n) is 7.07. The molecule has 0 N–H and O–H groups in total. The number of carbonyl (C=O) groups is 1. The molecule has 104 valence electrons. The predicted octanol–water partition coefficient (Wildman–Crippen LogP) is 4.28. The zero-order valence-corrected chi connectivity index (χ0v) is 12.3. The van der Waals surface area contributed by atoms with E-state index < -0.39 is 0 Å². The highest BCUT2D eigenvalue weighted by Gasteiger charge is 2.11. The Kier molecular flexibility index (Phi) is 3.53. The Morgan fingerprint density at radius 2 is 1.90 bits per heavy atom. The van der Waals surface area contributed by atoms with Crippen LogP contribution in [-0.2, 0) is 6.42 Å². The van der Waals surface area contributed by atoms with Gasteiger partial charge in [0.15, 0.2) is 5.78 Å². The summed E-state index contributed by atoms with van der Waals surface area (Å²) in [5, 5.41) is 1.98. The predicted molar refractivity (Wildman–Crippen MR) is 85.7 cm³/mol. The van der Waals surface area contributed by atoms with Crippen molar-refractivity contribution in [2.45, 2.75) is 20.3 Å². The molecular weight excluding hydrogens is 258 g/mol. The quantitative estimate of drug-likeness (QED) is 0.668. The van der Waals surface area contributed by atoms with Gasteiger partial charge in [0.2, 0.25) is 0 Å². The largest absolute Gasteiger partial charge is 0.294 e. The number of hydrogen-bond acceptors (Lipinski definition) is 2. The van der Waals surface area contributed by atoms with Crippen molar-refractivity contribution in [3.8, 4) is 0 Å². The lowest BCUT2D eigenvalue weighted by Crippen LogP contribution is -2.04. The Morgan fingerprint density at radius 1 is 1.05 bits per heavy atom. The third-order valence-corrected chi connectivity index (χ3v) is 3.92. The van der Waals surface area contributed by atoms with Gasteiger partial charge in [0, 0.05) is 29.8 Å². The third-order valence-electron chi connectivity index (χ3n) is 3.92. The molecule has 1 heterocycles. The first-order chi connectivity index (χ1) is 10.1. The first-order valence-corrected chi connectivity index (χ1v) is 7.07. The van der Waals surface area contributed by atoms with Gasteiger partial charge in [-0.05, 0) is 42.0 Å². The highest BCUT2D eigenvalue weighted by atomic mass is 16.1. The van der Waals surface area contributed by atoms with Crippen molar-refractivity contribution in [2.24, 2.45) is 0 Å². The molecular formula is C19H17NO. The standard InChI is InChI=1S/C19H17NO/c1-13-6-7-15(10-14(13)2)11-19(21)18-5-3-4-16-12-20-9-8-17(16)18/h3-10,12H,11H2,1-2H3. The maximum atomic E-state index is 12.6. The molecule has 0 fully saturated rings. The van der Waals surface area contributed by atoms with E-state index in [1.165, 1.54) is 11.1 Å². The number of aryl methyl sites for hydroxylation is 2. The van der Waals surface area contributed by atoms with Crippen LogP contribution in [0.1, 0.15) is 27.0 Å². The molecule has 3 aromatic rings. The highest BCUT2D eigenvalue weighted by molar-refractivity contribution is 6.08. The molecule has 0 saturated carbocycles. The van der Waals surface area contributed by atoms with Crippen molar-refractivity contribution < 1.29 is 4.79 Å². The molecule has 2 nitrogen and oxygen atoms in total. The number of carbonyl (C=O) groups excluding carboxylic acids is 1. The summed E-state index contributed by atoms with van der Waals surface area (Å²) in [4.78, 5) is 16.7. The van der Waals surface area contributed by atoms with Crippen LogP contribution < -0.4 is 0 Å². The van der Waals surface area contributed by atoms with Crippen LogP contribution in [0.5, 0.6) is 0 Å². The number of hydrogen-bond donors (Lipinski definition) is 0. The fourth-order valence-corrected chi connectivity index (χ4v) is 2.56. The van der Waals surface area contributed by atoms with Gasteiger partial charge in [0.25, 0.3) is 0 Å². The van der Waals surface area contributed by atoms with Gasteiger partial charge in [-0.25, -0.2) is 0 Å². The molecule has 3 rings (SSSR count). The smallest absolute Gasteiger partial charge is 0.167 e. The lowest BCUT2D eigenvalue weighted by molar-refractivity contribution is 0.0994. The van der Waals surface area contributed by atoms with Crippen molar-refractivity contribution in [1.29, 1.82) is 0 Å². The number of aromatic nitrogens is 1. The Morgan fingerprint density at radius 3 is 2.71 bits per heavy atom. The zero-order valence-electron chi connectivity index (χ0n) is 12.3. The SMILES string of the molecule is Cc1ccc(CC(=O)c2cccc3cnccc23)cc1C. The third kappa shape index (κ3) is 2.70. The lowest BCUT2D eigenvalue weighted by Gasteiger charge is -2.07. The Bertz CT molecular complexity index is 815. The zero-order chi connectivity index (χ0) is 14.8. The highest BCUT2D eigenvalue weighted by Crippen LogP contribution is 2.20. The number of ketones is 1. The number of nitrogens with zero attached hydrogens (tertiary/aromatic N) is 1. The van der Waals surface area contributed by atoms with Gasteiger partial charge in [0.1, 0.15) is 0 Å². The lowest BCUT2D eigenvalue weighted by atomic mass is 9.97. The minimum absolute atomic E-state index is 0.148. The second kappa shape index (κ2) is 5.49. The normalized spacial score (nSPS) is 10.8. The summed E-state index contributed by atoms with van der Waals surface area (Å²) in [5.41, 5.74) is 4.31. The Balaban J connectivity index is 1.95. The van der Waals surface area contributed by atoms with Crippen molar-refractivity contribution in [3.63, 3.8) is 0 Å². The second-order valence-corrected chi connectivity index (χ2v) is 5.42. The van der Waals surface area contributed by atoms with E-state index >= 15 is 0 Å². The van der Waals surface area contributed by atoms with Crippen molar-refractivity contribution >= 4 is 16.6 Å². The van der Waals surface area contributed by atoms with Gasteiger partial charge >= 0.3 is 0 Å². The summed E-state index contributed by atoms with van der Waals surface area (Å²) < 4.78 is 0. The van der Waals surface area contributed by atoms with Crippen LogP contribution in [0, 0.1) is 13.8 Å². The Labute approximate surface area is 124 Å². The summed E-state index contributed by atoms with van der Waals surface area (Å²) in [7, 11) is 0. The van der Waals surface area contributed by atoms with Gasteiger partial charge in [-0.1, -0.05) is 36.4 Å². The van der Waals surface area contributed by atoms with E-state index in [9.17, 15) is 4.79 Å². The van der Waals surface area contributed by atoms with Gasteiger partial charge < -0.3 is 0 Å². The minimum Gasteiger partial charge on any atom is -0.294 e. The van der Waals surface area contributed by atoms with E-state index in [1.54, 1.807) is 12.4 Å². The van der Waals surface area contributed by atoms with Crippen molar-refractivity contribution in [3.05, 3.63) is 77.1 Å². The number of fused-ring (bicyclic) bond motifs is 1. The average Bonchev–Trinajstić information content (AvgIpc) is 2.50. The molecule has 0 radical (unpaired) electrons. The number of rotatable bonds is 3. The molecule has 0 unspecified atom stereocenters. The minimum atomic E-state index is 0.148. The van der Waals surface area contributed by atoms with E-state index in [4.69, 9.17) is 0 Å². The molecule has 0 bridgehead atoms. The van der Waals surface area contributed by atoms with Gasteiger partial charge in [-0.15, -0.1) is 0 Å². The molecule has 0 spiro atoms. The summed E-state index contributed by atoms with van der Waals surface area (Å²) in [6.07, 6.45) is 3.96. The molecule has 0 aliphatic carbocycles. The van der Waals surface area contributed by atoms with Crippen LogP contribution in [0.25, 0.3) is 10.8 Å². The average molecular weight is 275 g/mol. The maximum Gasteiger partial charge on any atom is 0.167 e. The van der Waals surface area contributed by atoms with Gasteiger partial charge in [-0.3, -0.25) is 9.78 Å². The first kappa shape index (κ1) is 13.5. The van der Waals surface area contributed by atoms with E-state index in [0.717, 1.165) is 21.9 Å². The number of pyridine rings is 1. The van der Waals surface area contributed by atoms with Gasteiger partial charge in [0.05, 0.1) is 0 Å². The molecule has 0 aliphatic heterocycles. The van der Waals surface area contributed by atoms with E-state index in [-0.39, 0.29) is 5.78 Å². The molecule has 1 aromatic heterocycles. The number of Topliss-reactive ketones (excluding diaryl/α,β-unsaturated/α-hetero) is 1. The summed E-state index contributed by atoms with van der Waals surface area (Å²) in [5.74, 6) is 0.148. The van der Waals surface area contributed by atoms with Crippen LogP contribution in [0.2, 0.25) is 0 Å². The van der Waals surface area contributed by atoms with Crippen LogP contribution in [0.3, 0.4) is 0 Å². The molecule has 2 aromatic carbocycles. The fourth-order valence-electron chi connectivity index (χ4n) is 2.56. The summed E-state index contributed by atoms with van der Waals surface area (Å²) in [6, 6.07) is 13.9. The summed E-state index contributed by atoms with van der Waals surface area (Å²) in [6.45, 7) is 4.16. The van der Waals surface area contributed by atoms with E-state index in [0.29, 0.717) is 6.42 Å². The van der Waals surface area contributed by atoms with E-state index in [2.05, 4.69) is 31.0 Å². The maximum absolute atomic E-state index is 12.6. The molecule has 0 aliphatic rings. The summed E-state index contributed by atoms with van der Waals surface area (Å²) >= 11 is 0. The topological polar surface area (TPSA) is 30.0 Å². The van der Waals surface area contributed by atoms with Crippen LogP contribution in [0.15, 0.2) is 54.9 Å². The molecule has 0 saturated heterocycles.